The topological polar surface area (TPSA) is 38.3 Å². The van der Waals surface area contributed by atoms with Gasteiger partial charge in [-0.2, -0.15) is 0 Å². The first-order chi connectivity index (χ1) is 11.0. The molecule has 0 fully saturated rings. The highest BCUT2D eigenvalue weighted by Gasteiger charge is 2.21. The van der Waals surface area contributed by atoms with Crippen LogP contribution in [0.1, 0.15) is 35.3 Å². The van der Waals surface area contributed by atoms with Crippen molar-refractivity contribution in [1.82, 2.24) is 5.32 Å². The van der Waals surface area contributed by atoms with Gasteiger partial charge in [-0.1, -0.05) is 19.1 Å². The third-order valence-electron chi connectivity index (χ3n) is 3.51. The Hall–Kier alpha value is -2.50. The normalized spacial score (nSPS) is 11.9. The Balaban J connectivity index is 2.21. The van der Waals surface area contributed by atoms with E-state index < -0.39 is 28.9 Å². The van der Waals surface area contributed by atoms with Gasteiger partial charge in [0.25, 0.3) is 5.91 Å². The summed E-state index contributed by atoms with van der Waals surface area (Å²) >= 11 is 0. The molecule has 122 valence electrons. The van der Waals surface area contributed by atoms with Gasteiger partial charge in [-0.3, -0.25) is 4.79 Å². The minimum atomic E-state index is -1.66. The highest BCUT2D eigenvalue weighted by molar-refractivity contribution is 5.94. The molecule has 6 heteroatoms. The molecule has 0 heterocycles. The van der Waals surface area contributed by atoms with Crippen molar-refractivity contribution in [2.24, 2.45) is 0 Å². The van der Waals surface area contributed by atoms with Crippen molar-refractivity contribution in [2.45, 2.75) is 19.4 Å². The van der Waals surface area contributed by atoms with E-state index in [9.17, 15) is 18.0 Å². The molecule has 2 aromatic rings. The molecule has 0 spiro atoms. The second-order valence-electron chi connectivity index (χ2n) is 4.93. The number of benzene rings is 2. The fourth-order valence-electron chi connectivity index (χ4n) is 2.19. The van der Waals surface area contributed by atoms with Crippen LogP contribution >= 0.6 is 0 Å². The number of hydrogen-bond acceptors (Lipinski definition) is 2. The summed E-state index contributed by atoms with van der Waals surface area (Å²) in [6.07, 6.45) is 0.545. The molecule has 23 heavy (non-hydrogen) atoms. The molecule has 1 atom stereocenters. The van der Waals surface area contributed by atoms with E-state index in [2.05, 4.69) is 5.32 Å². The zero-order valence-corrected chi connectivity index (χ0v) is 12.7. The Morgan fingerprint density at radius 2 is 1.74 bits per heavy atom. The number of hydrogen-bond donors (Lipinski definition) is 1. The lowest BCUT2D eigenvalue weighted by molar-refractivity contribution is 0.0930. The molecule has 0 aliphatic carbocycles. The zero-order valence-electron chi connectivity index (χ0n) is 12.7. The minimum Gasteiger partial charge on any atom is -0.497 e. The maximum Gasteiger partial charge on any atom is 0.254 e. The van der Waals surface area contributed by atoms with Gasteiger partial charge in [-0.15, -0.1) is 0 Å². The van der Waals surface area contributed by atoms with Gasteiger partial charge in [-0.05, 0) is 36.2 Å². The number of methoxy groups -OCH3 is 1. The molecule has 0 bridgehead atoms. The van der Waals surface area contributed by atoms with Crippen LogP contribution in [0.2, 0.25) is 0 Å². The second-order valence-corrected chi connectivity index (χ2v) is 4.93. The Kier molecular flexibility index (Phi) is 5.26. The lowest BCUT2D eigenvalue weighted by Crippen LogP contribution is -2.29. The van der Waals surface area contributed by atoms with Crippen LogP contribution in [0.15, 0.2) is 36.4 Å². The van der Waals surface area contributed by atoms with Gasteiger partial charge in [0.1, 0.15) is 5.75 Å². The number of ether oxygens (including phenoxy) is 1. The summed E-state index contributed by atoms with van der Waals surface area (Å²) in [6.45, 7) is 1.84. The van der Waals surface area contributed by atoms with E-state index in [1.165, 1.54) is 0 Å². The molecular formula is C17H16F3NO2. The molecule has 0 radical (unpaired) electrons. The van der Waals surface area contributed by atoms with Crippen molar-refractivity contribution >= 4 is 5.91 Å². The van der Waals surface area contributed by atoms with Gasteiger partial charge >= 0.3 is 0 Å². The van der Waals surface area contributed by atoms with Gasteiger partial charge < -0.3 is 10.1 Å². The molecule has 0 aromatic heterocycles. The first kappa shape index (κ1) is 16.9. The van der Waals surface area contributed by atoms with Crippen LogP contribution in [-0.2, 0) is 0 Å². The Morgan fingerprint density at radius 1 is 1.09 bits per heavy atom. The number of amides is 1. The summed E-state index contributed by atoms with van der Waals surface area (Å²) in [5.41, 5.74) is 0.264. The quantitative estimate of drug-likeness (QED) is 0.845. The molecule has 1 amide bonds. The van der Waals surface area contributed by atoms with Gasteiger partial charge in [0.2, 0.25) is 0 Å². The van der Waals surface area contributed by atoms with Crippen molar-refractivity contribution in [3.05, 3.63) is 65.0 Å². The van der Waals surface area contributed by atoms with Crippen LogP contribution in [-0.4, -0.2) is 13.0 Å². The molecule has 0 aliphatic rings. The predicted octanol–water partition coefficient (Wildman–Crippen LogP) is 3.99. The van der Waals surface area contributed by atoms with Crippen molar-refractivity contribution in [1.29, 1.82) is 0 Å². The van der Waals surface area contributed by atoms with Crippen LogP contribution in [0, 0.1) is 17.5 Å². The molecule has 3 nitrogen and oxygen atoms in total. The van der Waals surface area contributed by atoms with E-state index in [0.717, 1.165) is 17.7 Å². The summed E-state index contributed by atoms with van der Waals surface area (Å²) in [5, 5.41) is 2.62. The smallest absolute Gasteiger partial charge is 0.254 e. The molecule has 0 saturated carbocycles. The van der Waals surface area contributed by atoms with Gasteiger partial charge in [-0.25, -0.2) is 13.2 Å². The number of halogens is 3. The van der Waals surface area contributed by atoms with Crippen LogP contribution in [0.4, 0.5) is 13.2 Å². The number of carbonyl (C=O) groups is 1. The van der Waals surface area contributed by atoms with Crippen LogP contribution < -0.4 is 10.1 Å². The molecule has 1 N–H and O–H groups in total. The van der Waals surface area contributed by atoms with Crippen molar-refractivity contribution < 1.29 is 22.7 Å². The van der Waals surface area contributed by atoms with Gasteiger partial charge in [0.15, 0.2) is 17.5 Å². The first-order valence-corrected chi connectivity index (χ1v) is 7.06. The molecule has 2 rings (SSSR count). The standard InChI is InChI=1S/C17H16F3NO2/c1-3-14(10-4-6-11(23-2)7-5-10)21-17(22)12-8-9-13(18)16(20)15(12)19/h4-9,14H,3H2,1-2H3,(H,21,22)/t14-/m1/s1. The summed E-state index contributed by atoms with van der Waals surface area (Å²) in [4.78, 5) is 12.1. The van der Waals surface area contributed by atoms with Gasteiger partial charge in [0.05, 0.1) is 18.7 Å². The summed E-state index contributed by atoms with van der Waals surface area (Å²) < 4.78 is 44.9. The Bertz CT molecular complexity index is 702. The highest BCUT2D eigenvalue weighted by atomic mass is 19.2. The third-order valence-corrected chi connectivity index (χ3v) is 3.51. The first-order valence-electron chi connectivity index (χ1n) is 7.06. The van der Waals surface area contributed by atoms with E-state index >= 15 is 0 Å². The number of rotatable bonds is 5. The fourth-order valence-corrected chi connectivity index (χ4v) is 2.19. The minimum absolute atomic E-state index is 0.388. The van der Waals surface area contributed by atoms with E-state index in [0.29, 0.717) is 12.2 Å². The molecular weight excluding hydrogens is 307 g/mol. The highest BCUT2D eigenvalue weighted by Crippen LogP contribution is 2.22. The zero-order chi connectivity index (χ0) is 17.0. The van der Waals surface area contributed by atoms with E-state index in [4.69, 9.17) is 4.74 Å². The monoisotopic (exact) mass is 323 g/mol. The average Bonchev–Trinajstić information content (AvgIpc) is 2.57. The maximum atomic E-state index is 13.7. The summed E-state index contributed by atoms with van der Waals surface area (Å²) in [6, 6.07) is 8.28. The Labute approximate surface area is 132 Å². The SMILES string of the molecule is CC[C@@H](NC(=O)c1ccc(F)c(F)c1F)c1ccc(OC)cc1. The molecule has 0 unspecified atom stereocenters. The molecule has 0 aliphatic heterocycles. The number of carbonyl (C=O) groups excluding carboxylic acids is 1. The van der Waals surface area contributed by atoms with Gasteiger partial charge in [0, 0.05) is 0 Å². The number of nitrogens with one attached hydrogen (secondary N) is 1. The van der Waals surface area contributed by atoms with E-state index in [1.807, 2.05) is 6.92 Å². The Morgan fingerprint density at radius 3 is 2.30 bits per heavy atom. The third kappa shape index (κ3) is 3.64. The van der Waals surface area contributed by atoms with Crippen molar-refractivity contribution in [3.8, 4) is 5.75 Å². The van der Waals surface area contributed by atoms with Crippen LogP contribution in [0.5, 0.6) is 5.75 Å². The molecule has 0 saturated heterocycles. The molecule has 2 aromatic carbocycles. The van der Waals surface area contributed by atoms with Crippen LogP contribution in [0.3, 0.4) is 0 Å². The van der Waals surface area contributed by atoms with Crippen molar-refractivity contribution in [2.75, 3.05) is 7.11 Å². The largest absolute Gasteiger partial charge is 0.497 e. The van der Waals surface area contributed by atoms with E-state index in [1.54, 1.807) is 31.4 Å². The average molecular weight is 323 g/mol. The second kappa shape index (κ2) is 7.17. The lowest BCUT2D eigenvalue weighted by Gasteiger charge is -2.18. The summed E-state index contributed by atoms with van der Waals surface area (Å²) in [7, 11) is 1.54. The predicted molar refractivity (Wildman–Crippen MR) is 79.8 cm³/mol. The van der Waals surface area contributed by atoms with E-state index in [-0.39, 0.29) is 6.04 Å². The van der Waals surface area contributed by atoms with Crippen LogP contribution in [0.25, 0.3) is 0 Å². The lowest BCUT2D eigenvalue weighted by atomic mass is 10.0. The fraction of sp³-hybridized carbons (Fsp3) is 0.235. The van der Waals surface area contributed by atoms with Crippen molar-refractivity contribution in [3.63, 3.8) is 0 Å². The maximum absolute atomic E-state index is 13.7. The summed E-state index contributed by atoms with van der Waals surface area (Å²) in [5.74, 6) is -4.62.